The van der Waals surface area contributed by atoms with Gasteiger partial charge in [0.25, 0.3) is 5.91 Å². The van der Waals surface area contributed by atoms with Crippen molar-refractivity contribution in [3.8, 4) is 0 Å². The number of carbonyl (C=O) groups is 4. The highest BCUT2D eigenvalue weighted by Gasteiger charge is 2.51. The summed E-state index contributed by atoms with van der Waals surface area (Å²) in [6.07, 6.45) is 12.7. The summed E-state index contributed by atoms with van der Waals surface area (Å²) in [5.74, 6) is 0.701. The molecule has 1 N–H and O–H groups in total. The Morgan fingerprint density at radius 3 is 2.06 bits per heavy atom. The molecule has 7 heteroatoms. The average molecular weight is 429 g/mol. The lowest BCUT2D eigenvalue weighted by molar-refractivity contribution is -0.150. The fourth-order valence-corrected chi connectivity index (χ4v) is 7.35. The molecule has 5 aliphatic carbocycles. The van der Waals surface area contributed by atoms with Crippen LogP contribution in [0.2, 0.25) is 0 Å². The fourth-order valence-electron chi connectivity index (χ4n) is 7.35. The van der Waals surface area contributed by atoms with Gasteiger partial charge >= 0.3 is 5.97 Å². The van der Waals surface area contributed by atoms with Crippen molar-refractivity contribution in [2.75, 3.05) is 19.7 Å². The fraction of sp³-hybridized carbons (Fsp3) is 0.750. The first-order valence-corrected chi connectivity index (χ1v) is 11.8. The second-order valence-electron chi connectivity index (χ2n) is 10.6. The maximum Gasteiger partial charge on any atom is 0.308 e. The number of nitrogens with zero attached hydrogens (tertiary/aromatic N) is 1. The van der Waals surface area contributed by atoms with Gasteiger partial charge in [0.05, 0.1) is 18.3 Å². The van der Waals surface area contributed by atoms with E-state index in [1.54, 1.807) is 0 Å². The lowest BCUT2D eigenvalue weighted by atomic mass is 9.49. The molecule has 4 bridgehead atoms. The molecule has 0 aromatic carbocycles. The molecule has 1 heterocycles. The van der Waals surface area contributed by atoms with E-state index < -0.39 is 5.97 Å². The number of nitrogens with one attached hydrogen (secondary N) is 1. The number of carbonyl (C=O) groups excluding carboxylic acids is 4. The van der Waals surface area contributed by atoms with E-state index >= 15 is 0 Å². The van der Waals surface area contributed by atoms with Gasteiger partial charge < -0.3 is 10.1 Å². The smallest absolute Gasteiger partial charge is 0.308 e. The number of amides is 3. The molecule has 6 aliphatic rings. The van der Waals surface area contributed by atoms with Crippen LogP contribution in [0.15, 0.2) is 12.2 Å². The van der Waals surface area contributed by atoms with E-state index in [0.717, 1.165) is 17.8 Å². The Kier molecular flexibility index (Phi) is 5.39. The Balaban J connectivity index is 1.03. The Bertz CT molecular complexity index is 758. The van der Waals surface area contributed by atoms with Gasteiger partial charge in [-0.3, -0.25) is 24.1 Å². The van der Waals surface area contributed by atoms with Crippen molar-refractivity contribution in [1.29, 1.82) is 0 Å². The number of rotatable bonds is 7. The van der Waals surface area contributed by atoms with Crippen molar-refractivity contribution in [1.82, 2.24) is 10.2 Å². The van der Waals surface area contributed by atoms with Gasteiger partial charge in [-0.05, 0) is 74.5 Å². The SMILES string of the molecule is O=C(COC(=O)CCN1C(=O)[C@@H]2CC=CC[C@H]2C1=O)NCC12CC3CC(CC(C3)C1)C2. The van der Waals surface area contributed by atoms with Gasteiger partial charge in [-0.15, -0.1) is 0 Å². The van der Waals surface area contributed by atoms with E-state index in [0.29, 0.717) is 19.4 Å². The number of likely N-dealkylation sites (tertiary alicyclic amines) is 1. The number of hydrogen-bond acceptors (Lipinski definition) is 5. The van der Waals surface area contributed by atoms with Crippen LogP contribution in [0, 0.1) is 35.0 Å². The molecule has 4 saturated carbocycles. The van der Waals surface area contributed by atoms with Crippen molar-refractivity contribution in [2.45, 2.75) is 57.8 Å². The minimum Gasteiger partial charge on any atom is -0.456 e. The summed E-state index contributed by atoms with van der Waals surface area (Å²) in [6.45, 7) is 0.404. The Morgan fingerprint density at radius 1 is 0.968 bits per heavy atom. The number of hydrogen-bond donors (Lipinski definition) is 1. The van der Waals surface area contributed by atoms with Gasteiger partial charge in [0.1, 0.15) is 0 Å². The number of esters is 1. The summed E-state index contributed by atoms with van der Waals surface area (Å²) in [5.41, 5.74) is 0.247. The van der Waals surface area contributed by atoms with Crippen LogP contribution in [-0.4, -0.2) is 48.3 Å². The third kappa shape index (κ3) is 4.03. The van der Waals surface area contributed by atoms with Crippen molar-refractivity contribution in [2.24, 2.45) is 35.0 Å². The normalized spacial score (nSPS) is 37.8. The van der Waals surface area contributed by atoms with Gasteiger partial charge in [-0.1, -0.05) is 12.2 Å². The van der Waals surface area contributed by atoms with Gasteiger partial charge in [0, 0.05) is 13.1 Å². The second kappa shape index (κ2) is 8.06. The minimum atomic E-state index is -0.557. The molecule has 7 nitrogen and oxygen atoms in total. The summed E-state index contributed by atoms with van der Waals surface area (Å²) < 4.78 is 5.11. The molecule has 168 valence electrons. The largest absolute Gasteiger partial charge is 0.456 e. The maximum absolute atomic E-state index is 12.4. The van der Waals surface area contributed by atoms with Crippen LogP contribution in [-0.2, 0) is 23.9 Å². The van der Waals surface area contributed by atoms with Crippen molar-refractivity contribution in [3.05, 3.63) is 12.2 Å². The van der Waals surface area contributed by atoms with Crippen LogP contribution in [0.5, 0.6) is 0 Å². The Morgan fingerprint density at radius 2 is 1.52 bits per heavy atom. The van der Waals surface area contributed by atoms with Crippen molar-refractivity contribution >= 4 is 23.7 Å². The Labute approximate surface area is 182 Å². The highest BCUT2D eigenvalue weighted by atomic mass is 16.5. The van der Waals surface area contributed by atoms with E-state index in [-0.39, 0.29) is 54.5 Å². The van der Waals surface area contributed by atoms with Crippen LogP contribution in [0.4, 0.5) is 0 Å². The van der Waals surface area contributed by atoms with E-state index in [1.165, 1.54) is 43.4 Å². The zero-order valence-electron chi connectivity index (χ0n) is 18.0. The van der Waals surface area contributed by atoms with Crippen LogP contribution >= 0.6 is 0 Å². The summed E-state index contributed by atoms with van der Waals surface area (Å²) in [6, 6.07) is 0. The molecule has 1 aliphatic heterocycles. The first-order chi connectivity index (χ1) is 14.9. The van der Waals surface area contributed by atoms with Gasteiger partial charge in [-0.25, -0.2) is 0 Å². The molecule has 0 aromatic heterocycles. The van der Waals surface area contributed by atoms with Crippen LogP contribution in [0.3, 0.4) is 0 Å². The maximum atomic E-state index is 12.4. The number of imide groups is 1. The predicted octanol–water partition coefficient (Wildman–Crippen LogP) is 2.20. The van der Waals surface area contributed by atoms with E-state index in [1.807, 2.05) is 12.2 Å². The highest BCUT2D eigenvalue weighted by molar-refractivity contribution is 6.05. The lowest BCUT2D eigenvalue weighted by Gasteiger charge is -2.56. The summed E-state index contributed by atoms with van der Waals surface area (Å²) in [7, 11) is 0. The van der Waals surface area contributed by atoms with Gasteiger partial charge in [0.2, 0.25) is 11.8 Å². The van der Waals surface area contributed by atoms with Crippen LogP contribution in [0.25, 0.3) is 0 Å². The molecular formula is C24H32N2O5. The molecule has 1 saturated heterocycles. The second-order valence-corrected chi connectivity index (χ2v) is 10.6. The van der Waals surface area contributed by atoms with E-state index in [9.17, 15) is 19.2 Å². The first-order valence-electron chi connectivity index (χ1n) is 11.8. The quantitative estimate of drug-likeness (QED) is 0.381. The molecule has 6 rings (SSSR count). The van der Waals surface area contributed by atoms with E-state index in [4.69, 9.17) is 4.74 Å². The number of allylic oxidation sites excluding steroid dienone is 2. The summed E-state index contributed by atoms with van der Waals surface area (Å²) in [5, 5.41) is 3.00. The molecule has 3 amide bonds. The highest BCUT2D eigenvalue weighted by Crippen LogP contribution is 2.59. The third-order valence-electron chi connectivity index (χ3n) is 8.33. The minimum absolute atomic E-state index is 0.0262. The molecule has 31 heavy (non-hydrogen) atoms. The topological polar surface area (TPSA) is 92.8 Å². The molecule has 2 atom stereocenters. The van der Waals surface area contributed by atoms with Crippen molar-refractivity contribution in [3.63, 3.8) is 0 Å². The number of fused-ring (bicyclic) bond motifs is 1. The molecule has 0 aromatic rings. The van der Waals surface area contributed by atoms with Gasteiger partial charge in [-0.2, -0.15) is 0 Å². The summed E-state index contributed by atoms with van der Waals surface area (Å²) >= 11 is 0. The molecule has 5 fully saturated rings. The first kappa shape index (κ1) is 20.7. The standard InChI is InChI=1S/C24H32N2O5/c27-20(25-14-24-10-15-7-16(11-24)9-17(8-15)12-24)13-31-21(28)5-6-26-22(29)18-3-1-2-4-19(18)23(26)30/h1-2,15-19H,3-14H2,(H,25,27)/t15?,16?,17?,18-,19-,24?/m1/s1. The molecule has 0 unspecified atom stereocenters. The zero-order chi connectivity index (χ0) is 21.6. The molecular weight excluding hydrogens is 396 g/mol. The lowest BCUT2D eigenvalue weighted by Crippen LogP contribution is -2.51. The zero-order valence-corrected chi connectivity index (χ0v) is 18.0. The van der Waals surface area contributed by atoms with Crippen LogP contribution in [0.1, 0.15) is 57.8 Å². The summed E-state index contributed by atoms with van der Waals surface area (Å²) in [4.78, 5) is 50.4. The molecule has 0 spiro atoms. The molecule has 0 radical (unpaired) electrons. The monoisotopic (exact) mass is 428 g/mol. The third-order valence-corrected chi connectivity index (χ3v) is 8.33. The predicted molar refractivity (Wildman–Crippen MR) is 111 cm³/mol. The van der Waals surface area contributed by atoms with Gasteiger partial charge in [0.15, 0.2) is 6.61 Å². The van der Waals surface area contributed by atoms with Crippen molar-refractivity contribution < 1.29 is 23.9 Å². The van der Waals surface area contributed by atoms with Crippen LogP contribution < -0.4 is 5.32 Å². The van der Waals surface area contributed by atoms with E-state index in [2.05, 4.69) is 5.32 Å². The average Bonchev–Trinajstić information content (AvgIpc) is 2.98. The Hall–Kier alpha value is -2.18. The number of ether oxygens (including phenoxy) is 1.